The summed E-state index contributed by atoms with van der Waals surface area (Å²) in [4.78, 5) is 20.7. The molecule has 1 aromatic carbocycles. The molecule has 1 fully saturated rings. The van der Waals surface area contributed by atoms with E-state index in [1.54, 1.807) is 23.0 Å². The lowest BCUT2D eigenvalue weighted by atomic mass is 9.97. The molecule has 0 spiro atoms. The number of primary amides is 1. The van der Waals surface area contributed by atoms with E-state index in [1.165, 1.54) is 18.3 Å². The number of alkyl halides is 3. The van der Waals surface area contributed by atoms with E-state index in [2.05, 4.69) is 26.8 Å². The standard InChI is InChI=1S/C28H25F3N6O/c1-35-10-12-36(13-11-35)18-22-8-7-20(15-24(22)28(29,30)31)26-23(27(32)38)14-19(16-33-26)5-6-21-17-34-37-9-3-2-4-25(21)37/h2-4,7-9,14-17H,10-13,18H2,1H3,(H2,32,38). The predicted molar refractivity (Wildman–Crippen MR) is 137 cm³/mol. The molecule has 0 radical (unpaired) electrons. The van der Waals surface area contributed by atoms with Crippen molar-refractivity contribution < 1.29 is 18.0 Å². The summed E-state index contributed by atoms with van der Waals surface area (Å²) in [5, 5.41) is 4.23. The van der Waals surface area contributed by atoms with Gasteiger partial charge in [-0.3, -0.25) is 14.7 Å². The molecule has 1 aliphatic rings. The Morgan fingerprint density at radius 2 is 1.84 bits per heavy atom. The number of amides is 1. The predicted octanol–water partition coefficient (Wildman–Crippen LogP) is 3.66. The Morgan fingerprint density at radius 3 is 2.58 bits per heavy atom. The van der Waals surface area contributed by atoms with E-state index in [-0.39, 0.29) is 28.9 Å². The maximum atomic E-state index is 14.1. The highest BCUT2D eigenvalue weighted by Crippen LogP contribution is 2.36. The lowest BCUT2D eigenvalue weighted by molar-refractivity contribution is -0.138. The topological polar surface area (TPSA) is 79.8 Å². The number of carbonyl (C=O) groups is 1. The van der Waals surface area contributed by atoms with Crippen LogP contribution in [0, 0.1) is 11.8 Å². The Labute approximate surface area is 217 Å². The molecule has 4 aromatic rings. The van der Waals surface area contributed by atoms with Crippen LogP contribution in [0.5, 0.6) is 0 Å². The Balaban J connectivity index is 1.48. The van der Waals surface area contributed by atoms with E-state index in [9.17, 15) is 18.0 Å². The van der Waals surface area contributed by atoms with Gasteiger partial charge in [-0.15, -0.1) is 0 Å². The van der Waals surface area contributed by atoms with Crippen LogP contribution in [0.3, 0.4) is 0 Å². The first-order chi connectivity index (χ1) is 18.2. The molecule has 1 aliphatic heterocycles. The van der Waals surface area contributed by atoms with Crippen LogP contribution in [-0.4, -0.2) is 63.5 Å². The van der Waals surface area contributed by atoms with Gasteiger partial charge < -0.3 is 10.6 Å². The summed E-state index contributed by atoms with van der Waals surface area (Å²) < 4.78 is 43.9. The highest BCUT2D eigenvalue weighted by molar-refractivity contribution is 5.99. The van der Waals surface area contributed by atoms with Gasteiger partial charge in [-0.2, -0.15) is 18.3 Å². The van der Waals surface area contributed by atoms with E-state index in [4.69, 9.17) is 5.73 Å². The number of piperazine rings is 1. The van der Waals surface area contributed by atoms with Gasteiger partial charge in [0.2, 0.25) is 0 Å². The van der Waals surface area contributed by atoms with Crippen molar-refractivity contribution in [2.75, 3.05) is 33.2 Å². The molecule has 1 amide bonds. The number of aromatic nitrogens is 3. The Hall–Kier alpha value is -4.20. The number of pyridine rings is 2. The van der Waals surface area contributed by atoms with Crippen LogP contribution in [0.25, 0.3) is 16.8 Å². The summed E-state index contributed by atoms with van der Waals surface area (Å²) in [7, 11) is 1.99. The monoisotopic (exact) mass is 518 g/mol. The van der Waals surface area contributed by atoms with Crippen molar-refractivity contribution in [3.8, 4) is 23.1 Å². The second-order valence-electron chi connectivity index (χ2n) is 9.27. The molecule has 4 heterocycles. The minimum Gasteiger partial charge on any atom is -0.366 e. The summed E-state index contributed by atoms with van der Waals surface area (Å²) in [6.07, 6.45) is 0.283. The second-order valence-corrected chi connectivity index (χ2v) is 9.27. The number of nitrogens with two attached hydrogens (primary N) is 1. The molecule has 5 rings (SSSR count). The van der Waals surface area contributed by atoms with Crippen molar-refractivity contribution in [3.63, 3.8) is 0 Å². The Kier molecular flexibility index (Phi) is 6.89. The maximum absolute atomic E-state index is 14.1. The molecule has 0 aliphatic carbocycles. The average Bonchev–Trinajstić information content (AvgIpc) is 3.31. The van der Waals surface area contributed by atoms with E-state index in [0.29, 0.717) is 24.2 Å². The molecule has 1 saturated heterocycles. The van der Waals surface area contributed by atoms with Gasteiger partial charge in [-0.25, -0.2) is 4.52 Å². The number of likely N-dealkylation sites (N-methyl/N-ethyl adjacent to an activating group) is 1. The molecule has 38 heavy (non-hydrogen) atoms. The van der Waals surface area contributed by atoms with Crippen molar-refractivity contribution in [2.45, 2.75) is 12.7 Å². The summed E-state index contributed by atoms with van der Waals surface area (Å²) in [6.45, 7) is 3.19. The van der Waals surface area contributed by atoms with Crippen LogP contribution < -0.4 is 5.73 Å². The third-order valence-corrected chi connectivity index (χ3v) is 6.60. The smallest absolute Gasteiger partial charge is 0.366 e. The Bertz CT molecular complexity index is 1560. The van der Waals surface area contributed by atoms with Crippen LogP contribution in [0.4, 0.5) is 13.2 Å². The van der Waals surface area contributed by atoms with Gasteiger partial charge >= 0.3 is 6.18 Å². The van der Waals surface area contributed by atoms with Gasteiger partial charge in [0, 0.05) is 56.2 Å². The number of halogens is 3. The molecule has 3 aromatic heterocycles. The Morgan fingerprint density at radius 1 is 1.05 bits per heavy atom. The van der Waals surface area contributed by atoms with Gasteiger partial charge in [-0.05, 0) is 36.9 Å². The lowest BCUT2D eigenvalue weighted by Gasteiger charge is -2.33. The molecule has 7 nitrogen and oxygen atoms in total. The van der Waals surface area contributed by atoms with Gasteiger partial charge in [0.15, 0.2) is 0 Å². The first-order valence-electron chi connectivity index (χ1n) is 12.0. The summed E-state index contributed by atoms with van der Waals surface area (Å²) >= 11 is 0. The van der Waals surface area contributed by atoms with Crippen LogP contribution in [-0.2, 0) is 12.7 Å². The number of hydrogen-bond acceptors (Lipinski definition) is 5. The van der Waals surface area contributed by atoms with E-state index < -0.39 is 17.6 Å². The van der Waals surface area contributed by atoms with Gasteiger partial charge in [0.1, 0.15) is 0 Å². The van der Waals surface area contributed by atoms with Crippen molar-refractivity contribution in [2.24, 2.45) is 5.73 Å². The van der Waals surface area contributed by atoms with Gasteiger partial charge in [0.25, 0.3) is 5.91 Å². The maximum Gasteiger partial charge on any atom is 0.416 e. The fourth-order valence-corrected chi connectivity index (χ4v) is 4.49. The number of fused-ring (bicyclic) bond motifs is 1. The van der Waals surface area contributed by atoms with Gasteiger partial charge in [-0.1, -0.05) is 30.0 Å². The number of rotatable bonds is 4. The minimum absolute atomic E-state index is 0.00314. The van der Waals surface area contributed by atoms with Crippen LogP contribution in [0.2, 0.25) is 0 Å². The van der Waals surface area contributed by atoms with E-state index in [1.807, 2.05) is 30.1 Å². The van der Waals surface area contributed by atoms with E-state index >= 15 is 0 Å². The number of carbonyl (C=O) groups excluding carboxylic acids is 1. The minimum atomic E-state index is -4.56. The summed E-state index contributed by atoms with van der Waals surface area (Å²) in [6, 6.07) is 11.1. The van der Waals surface area contributed by atoms with Crippen molar-refractivity contribution in [1.82, 2.24) is 24.4 Å². The lowest BCUT2D eigenvalue weighted by Crippen LogP contribution is -2.44. The van der Waals surface area contributed by atoms with Crippen LogP contribution in [0.1, 0.15) is 32.6 Å². The number of hydrogen-bond donors (Lipinski definition) is 1. The third kappa shape index (κ3) is 5.39. The molecular weight excluding hydrogens is 493 g/mol. The molecule has 0 bridgehead atoms. The van der Waals surface area contributed by atoms with Crippen molar-refractivity contribution in [3.05, 3.63) is 88.9 Å². The zero-order valence-corrected chi connectivity index (χ0v) is 20.7. The fraction of sp³-hybridized carbons (Fsp3) is 0.250. The third-order valence-electron chi connectivity index (χ3n) is 6.60. The molecule has 0 unspecified atom stereocenters. The van der Waals surface area contributed by atoms with Crippen molar-refractivity contribution in [1.29, 1.82) is 0 Å². The number of benzene rings is 1. The van der Waals surface area contributed by atoms with Crippen LogP contribution >= 0.6 is 0 Å². The SMILES string of the molecule is CN1CCN(Cc2ccc(-c3ncc(C#Cc4cnn5ccccc45)cc3C(N)=O)cc2C(F)(F)F)CC1. The zero-order chi connectivity index (χ0) is 26.9. The number of nitrogens with zero attached hydrogens (tertiary/aromatic N) is 5. The fourth-order valence-electron chi connectivity index (χ4n) is 4.49. The molecule has 0 saturated carbocycles. The largest absolute Gasteiger partial charge is 0.416 e. The van der Waals surface area contributed by atoms with Crippen molar-refractivity contribution >= 4 is 11.4 Å². The molecular formula is C28H25F3N6O. The van der Waals surface area contributed by atoms with Gasteiger partial charge in [0.05, 0.1) is 34.1 Å². The highest BCUT2D eigenvalue weighted by atomic mass is 19.4. The second kappa shape index (κ2) is 10.3. The molecule has 10 heteroatoms. The summed E-state index contributed by atoms with van der Waals surface area (Å²) in [5.41, 5.74) is 7.18. The normalized spacial score (nSPS) is 14.8. The highest BCUT2D eigenvalue weighted by Gasteiger charge is 2.34. The van der Waals surface area contributed by atoms with Crippen LogP contribution in [0.15, 0.2) is 61.1 Å². The van der Waals surface area contributed by atoms with E-state index in [0.717, 1.165) is 24.7 Å². The quantitative estimate of drug-likeness (QED) is 0.417. The molecule has 194 valence electrons. The molecule has 0 atom stereocenters. The average molecular weight is 519 g/mol. The first-order valence-corrected chi connectivity index (χ1v) is 12.0. The first kappa shape index (κ1) is 25.4. The zero-order valence-electron chi connectivity index (χ0n) is 20.7. The summed E-state index contributed by atoms with van der Waals surface area (Å²) in [5.74, 6) is 5.15. The molecule has 2 N–H and O–H groups in total.